The first-order valence-corrected chi connectivity index (χ1v) is 13.4. The van der Waals surface area contributed by atoms with Gasteiger partial charge in [-0.3, -0.25) is 4.79 Å². The van der Waals surface area contributed by atoms with Gasteiger partial charge in [-0.2, -0.15) is 0 Å². The van der Waals surface area contributed by atoms with Crippen molar-refractivity contribution in [3.8, 4) is 11.8 Å². The number of esters is 2. The molecule has 4 bridgehead atoms. The van der Waals surface area contributed by atoms with Crippen LogP contribution in [0.1, 0.15) is 78.1 Å². The first-order chi connectivity index (χ1) is 17.2. The summed E-state index contributed by atoms with van der Waals surface area (Å²) in [6.07, 6.45) is 8.11. The van der Waals surface area contributed by atoms with E-state index in [0.717, 1.165) is 36.8 Å². The largest absolute Gasteiger partial charge is 0.492 e. The molecule has 3 saturated carbocycles. The number of carbonyl (C=O) groups excluding carboxylic acids is 2. The molecule has 0 aromatic rings. The molecule has 0 aromatic carbocycles. The highest BCUT2D eigenvalue weighted by Gasteiger charge is 2.85. The lowest BCUT2D eigenvalue weighted by Gasteiger charge is -2.78. The van der Waals surface area contributed by atoms with Crippen LogP contribution in [0.4, 0.5) is 0 Å². The third kappa shape index (κ3) is 2.67. The Morgan fingerprint density at radius 2 is 2.03 bits per heavy atom. The fourth-order valence-electron chi connectivity index (χ4n) is 9.51. The van der Waals surface area contributed by atoms with Gasteiger partial charge in [0.05, 0.1) is 41.6 Å². The summed E-state index contributed by atoms with van der Waals surface area (Å²) in [4.78, 5) is 24.8. The molecule has 3 aliphatic heterocycles. The zero-order valence-corrected chi connectivity index (χ0v) is 21.2. The molecule has 0 saturated heterocycles. The highest BCUT2D eigenvalue weighted by molar-refractivity contribution is 5.85. The van der Waals surface area contributed by atoms with Crippen LogP contribution in [0.2, 0.25) is 0 Å². The molecule has 3 aliphatic carbocycles. The SMILES string of the molecule is CC12C#CCCC(=O)OC(C1)C13C4=COC2(CCC2=CC(=O)OC2)C1(CO)C(O)CCC3(C)CCC4. The van der Waals surface area contributed by atoms with Crippen LogP contribution in [0.5, 0.6) is 0 Å². The van der Waals surface area contributed by atoms with Crippen LogP contribution in [0, 0.1) is 33.5 Å². The van der Waals surface area contributed by atoms with Gasteiger partial charge in [-0.05, 0) is 68.4 Å². The van der Waals surface area contributed by atoms with Gasteiger partial charge in [-0.1, -0.05) is 12.8 Å². The lowest BCUT2D eigenvalue weighted by Crippen LogP contribution is -2.84. The van der Waals surface area contributed by atoms with Crippen molar-refractivity contribution in [2.24, 2.45) is 21.7 Å². The second kappa shape index (κ2) is 7.85. The van der Waals surface area contributed by atoms with Gasteiger partial charge in [-0.25, -0.2) is 4.79 Å². The van der Waals surface area contributed by atoms with E-state index in [4.69, 9.17) is 14.2 Å². The van der Waals surface area contributed by atoms with Gasteiger partial charge in [0.15, 0.2) is 0 Å². The minimum Gasteiger partial charge on any atom is -0.492 e. The number of hydrogen-bond acceptors (Lipinski definition) is 7. The molecule has 6 aliphatic rings. The molecule has 0 radical (unpaired) electrons. The predicted molar refractivity (Wildman–Crippen MR) is 129 cm³/mol. The average molecular weight is 497 g/mol. The zero-order chi connectivity index (χ0) is 25.4. The van der Waals surface area contributed by atoms with E-state index < -0.39 is 34.1 Å². The van der Waals surface area contributed by atoms with Gasteiger partial charge >= 0.3 is 11.9 Å². The molecule has 0 amide bonds. The standard InChI is InChI=1S/C29H36O7/c1-25-11-5-6-20-17-35-28(13-8-19-14-24(33)34-16-19)26(2)10-4-3-7-23(32)36-22(15-26)29(20,25)27(28,18-30)21(31)9-12-25/h14,17,21-22,30-31H,3,5-9,11-13,15-16,18H2,1-2H3. The van der Waals surface area contributed by atoms with E-state index in [0.29, 0.717) is 32.1 Å². The van der Waals surface area contributed by atoms with Gasteiger partial charge in [0.25, 0.3) is 0 Å². The van der Waals surface area contributed by atoms with Crippen molar-refractivity contribution in [2.75, 3.05) is 13.2 Å². The van der Waals surface area contributed by atoms with Crippen LogP contribution in [-0.2, 0) is 23.8 Å². The molecule has 1 spiro atoms. The van der Waals surface area contributed by atoms with Crippen LogP contribution in [0.15, 0.2) is 23.5 Å². The summed E-state index contributed by atoms with van der Waals surface area (Å²) in [5.41, 5.74) is -2.11. The topological polar surface area (TPSA) is 102 Å². The van der Waals surface area contributed by atoms with Gasteiger partial charge in [-0.15, -0.1) is 5.92 Å². The Hall–Kier alpha value is -2.30. The van der Waals surface area contributed by atoms with Gasteiger partial charge in [0, 0.05) is 18.9 Å². The number of ether oxygens (including phenoxy) is 3. The Bertz CT molecular complexity index is 1130. The summed E-state index contributed by atoms with van der Waals surface area (Å²) in [6.45, 7) is 4.24. The van der Waals surface area contributed by atoms with Crippen LogP contribution in [0.3, 0.4) is 0 Å². The van der Waals surface area contributed by atoms with E-state index >= 15 is 0 Å². The van der Waals surface area contributed by atoms with Crippen molar-refractivity contribution >= 4 is 11.9 Å². The summed E-state index contributed by atoms with van der Waals surface area (Å²) in [6, 6.07) is 0. The predicted octanol–water partition coefficient (Wildman–Crippen LogP) is 3.33. The Balaban J connectivity index is 1.64. The monoisotopic (exact) mass is 496 g/mol. The Morgan fingerprint density at radius 1 is 1.19 bits per heavy atom. The summed E-state index contributed by atoms with van der Waals surface area (Å²) in [5, 5.41) is 23.6. The molecular formula is C29H36O7. The van der Waals surface area contributed by atoms with E-state index in [2.05, 4.69) is 18.8 Å². The van der Waals surface area contributed by atoms with Crippen molar-refractivity contribution in [1.82, 2.24) is 0 Å². The lowest BCUT2D eigenvalue weighted by atomic mass is 9.28. The molecule has 7 atom stereocenters. The molecule has 2 N–H and O–H groups in total. The van der Waals surface area contributed by atoms with Crippen LogP contribution < -0.4 is 0 Å². The minimum absolute atomic E-state index is 0.223. The summed E-state index contributed by atoms with van der Waals surface area (Å²) >= 11 is 0. The summed E-state index contributed by atoms with van der Waals surface area (Å²) < 4.78 is 18.4. The van der Waals surface area contributed by atoms with Crippen LogP contribution in [-0.4, -0.2) is 53.2 Å². The number of rotatable bonds is 4. The molecule has 6 rings (SSSR count). The summed E-state index contributed by atoms with van der Waals surface area (Å²) in [5.74, 6) is 6.09. The molecular weight excluding hydrogens is 460 g/mol. The third-order valence-corrected chi connectivity index (χ3v) is 10.8. The number of cyclic esters (lactones) is 1. The Kier molecular flexibility index (Phi) is 5.25. The van der Waals surface area contributed by atoms with Gasteiger partial charge < -0.3 is 24.4 Å². The Morgan fingerprint density at radius 3 is 2.78 bits per heavy atom. The molecule has 7 nitrogen and oxygen atoms in total. The van der Waals surface area contributed by atoms with Crippen molar-refractivity contribution in [3.05, 3.63) is 23.5 Å². The molecule has 7 unspecified atom stereocenters. The number of fused-ring (bicyclic) bond motifs is 3. The maximum Gasteiger partial charge on any atom is 0.331 e. The fraction of sp³-hybridized carbons (Fsp3) is 0.724. The number of aliphatic hydroxyl groups is 2. The molecule has 3 heterocycles. The summed E-state index contributed by atoms with van der Waals surface area (Å²) in [7, 11) is 0. The first kappa shape index (κ1) is 24.1. The zero-order valence-electron chi connectivity index (χ0n) is 21.2. The molecule has 0 aromatic heterocycles. The van der Waals surface area contributed by atoms with Crippen molar-refractivity contribution in [3.63, 3.8) is 0 Å². The van der Waals surface area contributed by atoms with Gasteiger partial charge in [0.2, 0.25) is 0 Å². The lowest BCUT2D eigenvalue weighted by molar-refractivity contribution is -0.363. The normalized spacial score (nSPS) is 46.8. The van der Waals surface area contributed by atoms with E-state index in [9.17, 15) is 19.8 Å². The van der Waals surface area contributed by atoms with Crippen LogP contribution >= 0.6 is 0 Å². The highest BCUT2D eigenvalue weighted by Crippen LogP contribution is 2.80. The molecule has 7 heteroatoms. The smallest absolute Gasteiger partial charge is 0.331 e. The van der Waals surface area contributed by atoms with E-state index in [1.807, 2.05) is 13.2 Å². The minimum atomic E-state index is -1.13. The van der Waals surface area contributed by atoms with Crippen LogP contribution in [0.25, 0.3) is 0 Å². The highest BCUT2D eigenvalue weighted by atomic mass is 16.6. The number of hydrogen-bond donors (Lipinski definition) is 2. The second-order valence-electron chi connectivity index (χ2n) is 12.2. The maximum atomic E-state index is 13.0. The quantitative estimate of drug-likeness (QED) is 0.455. The molecule has 3 fully saturated rings. The fourth-order valence-corrected chi connectivity index (χ4v) is 9.51. The van der Waals surface area contributed by atoms with Crippen molar-refractivity contribution in [2.45, 2.75) is 95.9 Å². The van der Waals surface area contributed by atoms with E-state index in [-0.39, 0.29) is 37.0 Å². The van der Waals surface area contributed by atoms with E-state index in [1.54, 1.807) is 0 Å². The molecule has 36 heavy (non-hydrogen) atoms. The second-order valence-corrected chi connectivity index (χ2v) is 12.2. The van der Waals surface area contributed by atoms with Crippen molar-refractivity contribution in [1.29, 1.82) is 0 Å². The van der Waals surface area contributed by atoms with Gasteiger partial charge in [0.1, 0.15) is 18.3 Å². The number of aliphatic hydroxyl groups excluding tert-OH is 2. The maximum absolute atomic E-state index is 13.0. The first-order valence-electron chi connectivity index (χ1n) is 13.4. The Labute approximate surface area is 212 Å². The number of carbonyl (C=O) groups is 2. The van der Waals surface area contributed by atoms with Crippen molar-refractivity contribution < 1.29 is 34.0 Å². The third-order valence-electron chi connectivity index (χ3n) is 10.8. The molecule has 194 valence electrons. The van der Waals surface area contributed by atoms with E-state index in [1.165, 1.54) is 6.08 Å². The average Bonchev–Trinajstić information content (AvgIpc) is 3.29.